The van der Waals surface area contributed by atoms with E-state index in [1.807, 2.05) is 42.6 Å². The molecule has 24 heavy (non-hydrogen) atoms. The molecule has 1 aliphatic rings. The van der Waals surface area contributed by atoms with Gasteiger partial charge in [0, 0.05) is 4.88 Å². The molecule has 1 heterocycles. The van der Waals surface area contributed by atoms with Crippen LogP contribution in [0, 0.1) is 0 Å². The first kappa shape index (κ1) is 16.8. The van der Waals surface area contributed by atoms with Crippen LogP contribution in [0.4, 0.5) is 4.79 Å². The third-order valence-corrected chi connectivity index (χ3v) is 5.13. The van der Waals surface area contributed by atoms with E-state index in [1.54, 1.807) is 0 Å². The van der Waals surface area contributed by atoms with Gasteiger partial charge in [0.1, 0.15) is 11.9 Å². The maximum atomic E-state index is 12.1. The van der Waals surface area contributed by atoms with E-state index in [1.165, 1.54) is 16.9 Å². The Morgan fingerprint density at radius 1 is 1.42 bits per heavy atom. The van der Waals surface area contributed by atoms with Crippen molar-refractivity contribution in [3.05, 3.63) is 51.7 Å². The fourth-order valence-corrected chi connectivity index (χ4v) is 3.75. The largest absolute Gasteiger partial charge is 0.494 e. The summed E-state index contributed by atoms with van der Waals surface area (Å²) < 4.78 is 5.66. The second-order valence-corrected chi connectivity index (χ2v) is 6.71. The molecule has 5 nitrogen and oxygen atoms in total. The molecule has 2 aromatic rings. The predicted octanol–water partition coefficient (Wildman–Crippen LogP) is 3.17. The molecule has 0 unspecified atom stereocenters. The van der Waals surface area contributed by atoms with E-state index in [4.69, 9.17) is 4.74 Å². The molecule has 0 fully saturated rings. The van der Waals surface area contributed by atoms with E-state index in [-0.39, 0.29) is 18.6 Å². The Balaban J connectivity index is 1.56. The van der Waals surface area contributed by atoms with Crippen LogP contribution in [0.3, 0.4) is 0 Å². The summed E-state index contributed by atoms with van der Waals surface area (Å²) in [5.74, 6) is 0.910. The van der Waals surface area contributed by atoms with Crippen LogP contribution in [0.25, 0.3) is 0 Å². The smallest absolute Gasteiger partial charge is 0.315 e. The number of nitrogens with one attached hydrogen (secondary N) is 2. The minimum atomic E-state index is -0.670. The van der Waals surface area contributed by atoms with Crippen molar-refractivity contribution >= 4 is 17.4 Å². The lowest BCUT2D eigenvalue weighted by atomic mass is 10.1. The highest BCUT2D eigenvalue weighted by Gasteiger charge is 2.26. The van der Waals surface area contributed by atoms with E-state index >= 15 is 0 Å². The topological polar surface area (TPSA) is 70.6 Å². The molecule has 0 saturated heterocycles. The van der Waals surface area contributed by atoms with Crippen molar-refractivity contribution in [2.75, 3.05) is 13.2 Å². The summed E-state index contributed by atoms with van der Waals surface area (Å²) in [6.45, 7) is 2.80. The normalized spacial score (nSPS) is 17.2. The number of carbonyl (C=O) groups excluding carboxylic acids is 1. The van der Waals surface area contributed by atoms with E-state index in [0.717, 1.165) is 29.0 Å². The van der Waals surface area contributed by atoms with Crippen LogP contribution in [-0.4, -0.2) is 24.3 Å². The SMILES string of the molecule is CCOc1cccc2c1CC[C@@H]2NC(=O)NC[C@H](O)c1cccs1. The summed E-state index contributed by atoms with van der Waals surface area (Å²) in [6, 6.07) is 9.44. The molecule has 1 aliphatic carbocycles. The average Bonchev–Trinajstić information content (AvgIpc) is 3.24. The van der Waals surface area contributed by atoms with Crippen LogP contribution in [0.2, 0.25) is 0 Å². The lowest BCUT2D eigenvalue weighted by Crippen LogP contribution is -2.39. The standard InChI is InChI=1S/C18H22N2O3S/c1-2-23-16-6-3-5-12-13(16)8-9-14(12)20-18(22)19-11-15(21)17-7-4-10-24-17/h3-7,10,14-15,21H,2,8-9,11H2,1H3,(H2,19,20,22)/t14-,15-/m0/s1. The van der Waals surface area contributed by atoms with Crippen molar-refractivity contribution < 1.29 is 14.6 Å². The zero-order valence-electron chi connectivity index (χ0n) is 13.6. The Morgan fingerprint density at radius 2 is 2.29 bits per heavy atom. The van der Waals surface area contributed by atoms with Gasteiger partial charge in [0.15, 0.2) is 0 Å². The number of carbonyl (C=O) groups is 1. The van der Waals surface area contributed by atoms with Crippen LogP contribution in [0.1, 0.15) is 41.5 Å². The van der Waals surface area contributed by atoms with Crippen LogP contribution >= 0.6 is 11.3 Å². The van der Waals surface area contributed by atoms with Crippen molar-refractivity contribution in [1.29, 1.82) is 0 Å². The molecule has 128 valence electrons. The molecule has 3 N–H and O–H groups in total. The van der Waals surface area contributed by atoms with E-state index in [0.29, 0.717) is 6.61 Å². The third-order valence-electron chi connectivity index (χ3n) is 4.16. The van der Waals surface area contributed by atoms with Gasteiger partial charge >= 0.3 is 6.03 Å². The zero-order chi connectivity index (χ0) is 16.9. The lowest BCUT2D eigenvalue weighted by molar-refractivity contribution is 0.175. The molecular formula is C18H22N2O3S. The highest BCUT2D eigenvalue weighted by molar-refractivity contribution is 7.10. The number of hydrogen-bond donors (Lipinski definition) is 3. The summed E-state index contributed by atoms with van der Waals surface area (Å²) in [5, 5.41) is 17.7. The fraction of sp³-hybridized carbons (Fsp3) is 0.389. The number of benzene rings is 1. The van der Waals surface area contributed by atoms with Crippen LogP contribution in [0.15, 0.2) is 35.7 Å². The first-order chi connectivity index (χ1) is 11.7. The van der Waals surface area contributed by atoms with Gasteiger partial charge in [-0.3, -0.25) is 0 Å². The summed E-state index contributed by atoms with van der Waals surface area (Å²) in [7, 11) is 0. The number of fused-ring (bicyclic) bond motifs is 1. The van der Waals surface area contributed by atoms with Gasteiger partial charge in [-0.25, -0.2) is 4.79 Å². The molecule has 0 spiro atoms. The molecule has 0 saturated carbocycles. The van der Waals surface area contributed by atoms with Crippen LogP contribution in [-0.2, 0) is 6.42 Å². The fourth-order valence-electron chi connectivity index (χ4n) is 3.04. The molecular weight excluding hydrogens is 324 g/mol. The molecule has 3 rings (SSSR count). The Bertz CT molecular complexity index is 688. The maximum absolute atomic E-state index is 12.1. The molecule has 6 heteroatoms. The Kier molecular flexibility index (Phi) is 5.37. The first-order valence-corrected chi connectivity index (χ1v) is 9.07. The molecule has 0 radical (unpaired) electrons. The van der Waals surface area contributed by atoms with Crippen molar-refractivity contribution in [1.82, 2.24) is 10.6 Å². The van der Waals surface area contributed by atoms with E-state index in [9.17, 15) is 9.90 Å². The number of hydrogen-bond acceptors (Lipinski definition) is 4. The second kappa shape index (κ2) is 7.68. The minimum Gasteiger partial charge on any atom is -0.494 e. The Hall–Kier alpha value is -2.05. The Morgan fingerprint density at radius 3 is 3.04 bits per heavy atom. The number of urea groups is 1. The monoisotopic (exact) mass is 346 g/mol. The number of aliphatic hydroxyl groups is 1. The highest BCUT2D eigenvalue weighted by atomic mass is 32.1. The summed E-state index contributed by atoms with van der Waals surface area (Å²) in [5.41, 5.74) is 2.30. The highest BCUT2D eigenvalue weighted by Crippen LogP contribution is 2.36. The second-order valence-electron chi connectivity index (χ2n) is 5.73. The van der Waals surface area contributed by atoms with E-state index in [2.05, 4.69) is 10.6 Å². The van der Waals surface area contributed by atoms with Crippen molar-refractivity contribution in [3.8, 4) is 5.75 Å². The van der Waals surface area contributed by atoms with Gasteiger partial charge in [0.05, 0.1) is 19.2 Å². The van der Waals surface area contributed by atoms with Crippen LogP contribution in [0.5, 0.6) is 5.75 Å². The molecule has 2 amide bonds. The molecule has 0 aliphatic heterocycles. The maximum Gasteiger partial charge on any atom is 0.315 e. The quantitative estimate of drug-likeness (QED) is 0.752. The van der Waals surface area contributed by atoms with Gasteiger partial charge in [0.25, 0.3) is 0 Å². The Labute approximate surface area is 145 Å². The van der Waals surface area contributed by atoms with Gasteiger partial charge in [-0.15, -0.1) is 11.3 Å². The molecule has 0 bridgehead atoms. The van der Waals surface area contributed by atoms with Gasteiger partial charge < -0.3 is 20.5 Å². The zero-order valence-corrected chi connectivity index (χ0v) is 14.4. The first-order valence-electron chi connectivity index (χ1n) is 8.19. The molecule has 1 aromatic carbocycles. The average molecular weight is 346 g/mol. The van der Waals surface area contributed by atoms with Crippen molar-refractivity contribution in [3.63, 3.8) is 0 Å². The number of amides is 2. The van der Waals surface area contributed by atoms with Gasteiger partial charge in [-0.2, -0.15) is 0 Å². The number of thiophene rings is 1. The number of rotatable bonds is 6. The van der Waals surface area contributed by atoms with Crippen LogP contribution < -0.4 is 15.4 Å². The number of aliphatic hydroxyl groups excluding tert-OH is 1. The summed E-state index contributed by atoms with van der Waals surface area (Å²) >= 11 is 1.48. The van der Waals surface area contributed by atoms with Gasteiger partial charge in [-0.05, 0) is 48.4 Å². The molecule has 2 atom stereocenters. The predicted molar refractivity (Wildman–Crippen MR) is 94.5 cm³/mol. The molecule has 1 aromatic heterocycles. The van der Waals surface area contributed by atoms with Gasteiger partial charge in [0.2, 0.25) is 0 Å². The summed E-state index contributed by atoms with van der Waals surface area (Å²) in [6.07, 6.45) is 1.09. The van der Waals surface area contributed by atoms with Crippen molar-refractivity contribution in [2.24, 2.45) is 0 Å². The van der Waals surface area contributed by atoms with E-state index < -0.39 is 6.10 Å². The third kappa shape index (κ3) is 3.71. The number of ether oxygens (including phenoxy) is 1. The summed E-state index contributed by atoms with van der Waals surface area (Å²) in [4.78, 5) is 13.0. The van der Waals surface area contributed by atoms with Gasteiger partial charge in [-0.1, -0.05) is 18.2 Å². The minimum absolute atomic E-state index is 0.0145. The van der Waals surface area contributed by atoms with Crippen molar-refractivity contribution in [2.45, 2.75) is 31.9 Å². The lowest BCUT2D eigenvalue weighted by Gasteiger charge is -2.17.